The van der Waals surface area contributed by atoms with Gasteiger partial charge < -0.3 is 4.74 Å². The molecule has 0 aliphatic rings. The van der Waals surface area contributed by atoms with Gasteiger partial charge >= 0.3 is 5.97 Å². The van der Waals surface area contributed by atoms with Crippen LogP contribution < -0.4 is 4.74 Å². The number of fused-ring (bicyclic) bond motifs is 1. The van der Waals surface area contributed by atoms with E-state index in [9.17, 15) is 4.79 Å². The lowest BCUT2D eigenvalue weighted by Crippen LogP contribution is -2.10. The first kappa shape index (κ1) is 15.3. The number of halogens is 3. The maximum absolute atomic E-state index is 12.3. The minimum atomic E-state index is -0.524. The van der Waals surface area contributed by atoms with Crippen LogP contribution in [0.1, 0.15) is 10.4 Å². The van der Waals surface area contributed by atoms with Crippen molar-refractivity contribution in [2.24, 2.45) is 0 Å². The average Bonchev–Trinajstić information content (AvgIpc) is 2.51. The van der Waals surface area contributed by atoms with Gasteiger partial charge in [-0.15, -0.1) is 0 Å². The lowest BCUT2D eigenvalue weighted by Gasteiger charge is -2.11. The number of aromatic nitrogens is 1. The molecule has 0 saturated carbocycles. The van der Waals surface area contributed by atoms with Crippen molar-refractivity contribution in [1.82, 2.24) is 4.98 Å². The molecular formula is C16H8BrCl2NO2. The fraction of sp³-hybridized carbons (Fsp3) is 0. The Kier molecular flexibility index (Phi) is 4.34. The zero-order chi connectivity index (χ0) is 15.7. The number of nitrogens with zero attached hydrogens (tertiary/aromatic N) is 1. The van der Waals surface area contributed by atoms with Gasteiger partial charge in [0.1, 0.15) is 5.52 Å². The van der Waals surface area contributed by atoms with Gasteiger partial charge in [-0.2, -0.15) is 0 Å². The van der Waals surface area contributed by atoms with Crippen molar-refractivity contribution < 1.29 is 9.53 Å². The van der Waals surface area contributed by atoms with E-state index in [1.54, 1.807) is 36.5 Å². The number of rotatable bonds is 2. The summed E-state index contributed by atoms with van der Waals surface area (Å²) in [6.45, 7) is 0. The molecule has 0 aliphatic carbocycles. The average molecular weight is 397 g/mol. The summed E-state index contributed by atoms with van der Waals surface area (Å²) in [7, 11) is 0. The third kappa shape index (κ3) is 2.82. The number of carbonyl (C=O) groups is 1. The molecule has 0 unspecified atom stereocenters. The molecule has 0 atom stereocenters. The van der Waals surface area contributed by atoms with Crippen molar-refractivity contribution in [3.8, 4) is 5.75 Å². The predicted molar refractivity (Wildman–Crippen MR) is 90.9 cm³/mol. The third-order valence-electron chi connectivity index (χ3n) is 3.04. The number of esters is 1. The smallest absolute Gasteiger partial charge is 0.344 e. The van der Waals surface area contributed by atoms with Gasteiger partial charge in [-0.3, -0.25) is 4.98 Å². The third-order valence-corrected chi connectivity index (χ3v) is 4.32. The number of carbonyl (C=O) groups excluding carboxylic acids is 1. The Labute approximate surface area is 145 Å². The van der Waals surface area contributed by atoms with Crippen LogP contribution >= 0.6 is 39.1 Å². The topological polar surface area (TPSA) is 39.2 Å². The minimum Gasteiger partial charge on any atom is -0.419 e. The number of ether oxygens (including phenoxy) is 1. The van der Waals surface area contributed by atoms with Gasteiger partial charge in [-0.1, -0.05) is 35.3 Å². The van der Waals surface area contributed by atoms with Crippen LogP contribution in [0.15, 0.2) is 53.1 Å². The van der Waals surface area contributed by atoms with Crippen molar-refractivity contribution in [3.05, 3.63) is 68.7 Å². The Bertz CT molecular complexity index is 883. The van der Waals surface area contributed by atoms with Crippen molar-refractivity contribution in [1.29, 1.82) is 0 Å². The Hall–Kier alpha value is -1.62. The van der Waals surface area contributed by atoms with E-state index in [0.717, 1.165) is 0 Å². The second kappa shape index (κ2) is 6.24. The lowest BCUT2D eigenvalue weighted by atomic mass is 10.2. The summed E-state index contributed by atoms with van der Waals surface area (Å²) in [5, 5.41) is 1.36. The van der Waals surface area contributed by atoms with Crippen LogP contribution in [0.4, 0.5) is 0 Å². The van der Waals surface area contributed by atoms with E-state index in [1.165, 1.54) is 6.07 Å². The molecule has 0 spiro atoms. The van der Waals surface area contributed by atoms with E-state index in [-0.39, 0.29) is 10.8 Å². The van der Waals surface area contributed by atoms with E-state index in [4.69, 9.17) is 27.9 Å². The second-order valence-electron chi connectivity index (χ2n) is 4.44. The minimum absolute atomic E-state index is 0.197. The van der Waals surface area contributed by atoms with Crippen LogP contribution in [0.25, 0.3) is 10.9 Å². The summed E-state index contributed by atoms with van der Waals surface area (Å²) in [5.74, 6) is -0.328. The summed E-state index contributed by atoms with van der Waals surface area (Å²) in [5.41, 5.74) is 0.845. The SMILES string of the molecule is O=C(Oc1c(Cl)cc(Cl)c2cccnc12)c1ccccc1Br. The highest BCUT2D eigenvalue weighted by Gasteiger charge is 2.18. The van der Waals surface area contributed by atoms with E-state index in [2.05, 4.69) is 20.9 Å². The molecule has 0 amide bonds. The van der Waals surface area contributed by atoms with Crippen LogP contribution in [0, 0.1) is 0 Å². The number of hydrogen-bond acceptors (Lipinski definition) is 3. The summed E-state index contributed by atoms with van der Waals surface area (Å²) < 4.78 is 6.10. The molecule has 110 valence electrons. The highest BCUT2D eigenvalue weighted by molar-refractivity contribution is 9.10. The summed E-state index contributed by atoms with van der Waals surface area (Å²) in [6.07, 6.45) is 1.59. The van der Waals surface area contributed by atoms with Gasteiger partial charge in [0.15, 0.2) is 5.75 Å². The predicted octanol–water partition coefficient (Wildman–Crippen LogP) is 5.52. The Balaban J connectivity index is 2.08. The molecule has 0 saturated heterocycles. The van der Waals surface area contributed by atoms with Gasteiger partial charge in [-0.25, -0.2) is 4.79 Å². The second-order valence-corrected chi connectivity index (χ2v) is 6.11. The van der Waals surface area contributed by atoms with Crippen molar-refractivity contribution in [3.63, 3.8) is 0 Å². The van der Waals surface area contributed by atoms with Crippen LogP contribution in [0.3, 0.4) is 0 Å². The van der Waals surface area contributed by atoms with Gasteiger partial charge in [0.05, 0.1) is 15.6 Å². The Morgan fingerprint density at radius 3 is 2.64 bits per heavy atom. The molecule has 0 radical (unpaired) electrons. The first-order valence-corrected chi connectivity index (χ1v) is 7.82. The number of benzene rings is 2. The molecule has 3 nitrogen and oxygen atoms in total. The van der Waals surface area contributed by atoms with Crippen LogP contribution in [-0.2, 0) is 0 Å². The molecule has 6 heteroatoms. The fourth-order valence-electron chi connectivity index (χ4n) is 2.02. The molecule has 3 rings (SSSR count). The fourth-order valence-corrected chi connectivity index (χ4v) is 3.02. The number of hydrogen-bond donors (Lipinski definition) is 0. The normalized spacial score (nSPS) is 10.7. The standard InChI is InChI=1S/C16H8BrCl2NO2/c17-11-6-2-1-4-9(11)16(21)22-15-13(19)8-12(18)10-5-3-7-20-14(10)15/h1-8H. The van der Waals surface area contributed by atoms with E-state index in [0.29, 0.717) is 26.0 Å². The van der Waals surface area contributed by atoms with Crippen molar-refractivity contribution in [2.75, 3.05) is 0 Å². The Morgan fingerprint density at radius 2 is 1.86 bits per heavy atom. The molecule has 22 heavy (non-hydrogen) atoms. The zero-order valence-corrected chi connectivity index (χ0v) is 14.1. The molecule has 3 aromatic rings. The molecular weight excluding hydrogens is 389 g/mol. The first-order valence-electron chi connectivity index (χ1n) is 6.27. The van der Waals surface area contributed by atoms with Gasteiger partial charge in [0.25, 0.3) is 0 Å². The molecule has 1 heterocycles. The van der Waals surface area contributed by atoms with E-state index in [1.807, 2.05) is 6.07 Å². The summed E-state index contributed by atoms with van der Waals surface area (Å²) in [6, 6.07) is 12.1. The largest absolute Gasteiger partial charge is 0.419 e. The summed E-state index contributed by atoms with van der Waals surface area (Å²) in [4.78, 5) is 16.6. The molecule has 0 N–H and O–H groups in total. The Morgan fingerprint density at radius 1 is 1.09 bits per heavy atom. The van der Waals surface area contributed by atoms with Crippen molar-refractivity contribution in [2.45, 2.75) is 0 Å². The number of pyridine rings is 1. The monoisotopic (exact) mass is 395 g/mol. The van der Waals surface area contributed by atoms with E-state index < -0.39 is 5.97 Å². The summed E-state index contributed by atoms with van der Waals surface area (Å²) >= 11 is 15.6. The maximum atomic E-state index is 12.3. The molecule has 1 aromatic heterocycles. The van der Waals surface area contributed by atoms with Crippen LogP contribution in [0.5, 0.6) is 5.75 Å². The highest BCUT2D eigenvalue weighted by atomic mass is 79.9. The van der Waals surface area contributed by atoms with Gasteiger partial charge in [-0.05, 0) is 46.3 Å². The molecule has 0 fully saturated rings. The van der Waals surface area contributed by atoms with Crippen LogP contribution in [-0.4, -0.2) is 11.0 Å². The van der Waals surface area contributed by atoms with Crippen LogP contribution in [0.2, 0.25) is 10.0 Å². The molecule has 0 bridgehead atoms. The quantitative estimate of drug-likeness (QED) is 0.422. The molecule has 2 aromatic carbocycles. The maximum Gasteiger partial charge on any atom is 0.344 e. The molecule has 0 aliphatic heterocycles. The highest BCUT2D eigenvalue weighted by Crippen LogP contribution is 2.37. The zero-order valence-electron chi connectivity index (χ0n) is 11.0. The van der Waals surface area contributed by atoms with Gasteiger partial charge in [0.2, 0.25) is 0 Å². The van der Waals surface area contributed by atoms with Gasteiger partial charge in [0, 0.05) is 16.1 Å². The lowest BCUT2D eigenvalue weighted by molar-refractivity contribution is 0.0736. The van der Waals surface area contributed by atoms with Crippen molar-refractivity contribution >= 4 is 56.0 Å². The van der Waals surface area contributed by atoms with E-state index >= 15 is 0 Å². The first-order chi connectivity index (χ1) is 10.6.